The SMILES string of the molecule is Fc1cc2c(cc1Br)CCC(c1ccccc1F)N2. The summed E-state index contributed by atoms with van der Waals surface area (Å²) >= 11 is 3.18. The van der Waals surface area contributed by atoms with Gasteiger partial charge < -0.3 is 5.32 Å². The lowest BCUT2D eigenvalue weighted by atomic mass is 9.93. The Balaban J connectivity index is 1.94. The Labute approximate surface area is 118 Å². The Morgan fingerprint density at radius 1 is 1.11 bits per heavy atom. The fourth-order valence-electron chi connectivity index (χ4n) is 2.48. The second kappa shape index (κ2) is 4.93. The van der Waals surface area contributed by atoms with Crippen molar-refractivity contribution in [2.75, 3.05) is 5.32 Å². The van der Waals surface area contributed by atoms with Gasteiger partial charge in [0.2, 0.25) is 0 Å². The molecule has 19 heavy (non-hydrogen) atoms. The Hall–Kier alpha value is -1.42. The fourth-order valence-corrected chi connectivity index (χ4v) is 2.87. The molecule has 0 amide bonds. The topological polar surface area (TPSA) is 12.0 Å². The van der Waals surface area contributed by atoms with Crippen LogP contribution in [0.15, 0.2) is 40.9 Å². The lowest BCUT2D eigenvalue weighted by Crippen LogP contribution is -2.19. The highest BCUT2D eigenvalue weighted by atomic mass is 79.9. The van der Waals surface area contributed by atoms with Crippen LogP contribution in [0.4, 0.5) is 14.5 Å². The molecule has 1 nitrogen and oxygen atoms in total. The third-order valence-corrected chi connectivity index (χ3v) is 4.07. The Kier molecular flexibility index (Phi) is 3.27. The molecule has 1 heterocycles. The van der Waals surface area contributed by atoms with E-state index in [-0.39, 0.29) is 17.7 Å². The molecule has 1 aliphatic rings. The van der Waals surface area contributed by atoms with Crippen LogP contribution in [0.5, 0.6) is 0 Å². The molecular weight excluding hydrogens is 312 g/mol. The van der Waals surface area contributed by atoms with Crippen LogP contribution in [-0.4, -0.2) is 0 Å². The number of benzene rings is 2. The predicted molar refractivity (Wildman–Crippen MR) is 75.2 cm³/mol. The minimum atomic E-state index is -0.305. The van der Waals surface area contributed by atoms with Crippen LogP contribution < -0.4 is 5.32 Å². The maximum atomic E-state index is 13.8. The van der Waals surface area contributed by atoms with Gasteiger partial charge in [0.15, 0.2) is 0 Å². The van der Waals surface area contributed by atoms with Crippen molar-refractivity contribution in [3.8, 4) is 0 Å². The molecule has 1 atom stereocenters. The molecule has 3 rings (SSSR count). The zero-order chi connectivity index (χ0) is 13.4. The summed E-state index contributed by atoms with van der Waals surface area (Å²) < 4.78 is 27.8. The molecule has 0 saturated heterocycles. The van der Waals surface area contributed by atoms with Crippen molar-refractivity contribution in [2.45, 2.75) is 18.9 Å². The van der Waals surface area contributed by atoms with Crippen molar-refractivity contribution in [1.82, 2.24) is 0 Å². The van der Waals surface area contributed by atoms with E-state index in [0.29, 0.717) is 10.0 Å². The first kappa shape index (κ1) is 12.6. The number of hydrogen-bond donors (Lipinski definition) is 1. The van der Waals surface area contributed by atoms with Crippen LogP contribution in [0, 0.1) is 11.6 Å². The number of rotatable bonds is 1. The summed E-state index contributed by atoms with van der Waals surface area (Å²) in [5.74, 6) is -0.526. The van der Waals surface area contributed by atoms with Crippen molar-refractivity contribution >= 4 is 21.6 Å². The third kappa shape index (κ3) is 2.37. The zero-order valence-electron chi connectivity index (χ0n) is 10.1. The predicted octanol–water partition coefficient (Wildman–Crippen LogP) is 4.83. The maximum absolute atomic E-state index is 13.8. The molecule has 2 aromatic rings. The second-order valence-corrected chi connectivity index (χ2v) is 5.53. The third-order valence-electron chi connectivity index (χ3n) is 3.46. The molecule has 1 aliphatic heterocycles. The molecule has 0 spiro atoms. The van der Waals surface area contributed by atoms with Gasteiger partial charge in [-0.15, -0.1) is 0 Å². The Bertz CT molecular complexity index is 628. The summed E-state index contributed by atoms with van der Waals surface area (Å²) in [5, 5.41) is 3.22. The van der Waals surface area contributed by atoms with E-state index in [1.807, 2.05) is 6.07 Å². The number of halogens is 3. The van der Waals surface area contributed by atoms with Crippen LogP contribution in [0.1, 0.15) is 23.6 Å². The van der Waals surface area contributed by atoms with E-state index in [0.717, 1.165) is 24.1 Å². The highest BCUT2D eigenvalue weighted by Crippen LogP contribution is 2.35. The largest absolute Gasteiger partial charge is 0.378 e. The standard InChI is InChI=1S/C15H12BrF2N/c16-11-7-9-5-6-14(19-15(9)8-13(11)18)10-3-1-2-4-12(10)17/h1-4,7-8,14,19H,5-6H2. The van der Waals surface area contributed by atoms with E-state index < -0.39 is 0 Å². The van der Waals surface area contributed by atoms with Gasteiger partial charge in [-0.3, -0.25) is 0 Å². The van der Waals surface area contributed by atoms with Crippen molar-refractivity contribution in [2.24, 2.45) is 0 Å². The lowest BCUT2D eigenvalue weighted by Gasteiger charge is -2.28. The van der Waals surface area contributed by atoms with E-state index in [2.05, 4.69) is 21.2 Å². The van der Waals surface area contributed by atoms with Gasteiger partial charge in [0.05, 0.1) is 10.5 Å². The Morgan fingerprint density at radius 3 is 2.68 bits per heavy atom. The summed E-state index contributed by atoms with van der Waals surface area (Å²) in [6.07, 6.45) is 1.60. The van der Waals surface area contributed by atoms with Crippen LogP contribution >= 0.6 is 15.9 Å². The molecule has 0 aromatic heterocycles. The summed E-state index contributed by atoms with van der Waals surface area (Å²) in [6, 6.07) is 9.86. The molecule has 0 aliphatic carbocycles. The molecule has 0 saturated carbocycles. The van der Waals surface area contributed by atoms with Crippen molar-refractivity contribution in [3.63, 3.8) is 0 Å². The minimum Gasteiger partial charge on any atom is -0.378 e. The average molecular weight is 324 g/mol. The van der Waals surface area contributed by atoms with Gasteiger partial charge in [-0.1, -0.05) is 18.2 Å². The Morgan fingerprint density at radius 2 is 1.89 bits per heavy atom. The average Bonchev–Trinajstić information content (AvgIpc) is 2.40. The van der Waals surface area contributed by atoms with Crippen LogP contribution in [-0.2, 0) is 6.42 Å². The monoisotopic (exact) mass is 323 g/mol. The quantitative estimate of drug-likeness (QED) is 0.792. The van der Waals surface area contributed by atoms with Gasteiger partial charge in [0.1, 0.15) is 11.6 Å². The molecule has 0 bridgehead atoms. The van der Waals surface area contributed by atoms with Gasteiger partial charge in [-0.05, 0) is 52.5 Å². The molecule has 2 aromatic carbocycles. The minimum absolute atomic E-state index is 0.103. The molecule has 0 radical (unpaired) electrons. The smallest absolute Gasteiger partial charge is 0.139 e. The number of anilines is 1. The first-order valence-corrected chi connectivity index (χ1v) is 6.93. The number of hydrogen-bond acceptors (Lipinski definition) is 1. The van der Waals surface area contributed by atoms with Gasteiger partial charge in [0, 0.05) is 11.3 Å². The molecule has 1 N–H and O–H groups in total. The van der Waals surface area contributed by atoms with Crippen LogP contribution in [0.25, 0.3) is 0 Å². The van der Waals surface area contributed by atoms with E-state index >= 15 is 0 Å². The van der Waals surface area contributed by atoms with E-state index in [4.69, 9.17) is 0 Å². The number of aryl methyl sites for hydroxylation is 1. The molecule has 4 heteroatoms. The van der Waals surface area contributed by atoms with E-state index in [1.165, 1.54) is 12.1 Å². The van der Waals surface area contributed by atoms with Gasteiger partial charge in [0.25, 0.3) is 0 Å². The van der Waals surface area contributed by atoms with Gasteiger partial charge in [-0.2, -0.15) is 0 Å². The first-order chi connectivity index (χ1) is 9.15. The summed E-state index contributed by atoms with van der Waals surface area (Å²) in [7, 11) is 0. The van der Waals surface area contributed by atoms with Crippen LogP contribution in [0.2, 0.25) is 0 Å². The van der Waals surface area contributed by atoms with Crippen molar-refractivity contribution < 1.29 is 8.78 Å². The van der Waals surface area contributed by atoms with E-state index in [9.17, 15) is 8.78 Å². The zero-order valence-corrected chi connectivity index (χ0v) is 11.7. The first-order valence-electron chi connectivity index (χ1n) is 6.14. The maximum Gasteiger partial charge on any atom is 0.139 e. The van der Waals surface area contributed by atoms with Crippen LogP contribution in [0.3, 0.4) is 0 Å². The van der Waals surface area contributed by atoms with Gasteiger partial charge in [-0.25, -0.2) is 8.78 Å². The molecule has 1 unspecified atom stereocenters. The van der Waals surface area contributed by atoms with E-state index in [1.54, 1.807) is 18.2 Å². The summed E-state index contributed by atoms with van der Waals surface area (Å²) in [6.45, 7) is 0. The fraction of sp³-hybridized carbons (Fsp3) is 0.200. The number of fused-ring (bicyclic) bond motifs is 1. The summed E-state index contributed by atoms with van der Waals surface area (Å²) in [5.41, 5.74) is 2.44. The van der Waals surface area contributed by atoms with Crippen molar-refractivity contribution in [1.29, 1.82) is 0 Å². The van der Waals surface area contributed by atoms with Gasteiger partial charge >= 0.3 is 0 Å². The van der Waals surface area contributed by atoms with Crippen molar-refractivity contribution in [3.05, 3.63) is 63.6 Å². The normalized spacial score (nSPS) is 17.7. The number of nitrogens with one attached hydrogen (secondary N) is 1. The highest BCUT2D eigenvalue weighted by Gasteiger charge is 2.22. The lowest BCUT2D eigenvalue weighted by molar-refractivity contribution is 0.570. The molecule has 98 valence electrons. The molecule has 0 fully saturated rings. The second-order valence-electron chi connectivity index (χ2n) is 4.68. The molecular formula is C15H12BrF2N. The summed E-state index contributed by atoms with van der Waals surface area (Å²) in [4.78, 5) is 0. The highest BCUT2D eigenvalue weighted by molar-refractivity contribution is 9.10.